The second-order valence-electron chi connectivity index (χ2n) is 4.89. The number of hydrogen-bond acceptors (Lipinski definition) is 5. The van der Waals surface area contributed by atoms with Gasteiger partial charge in [-0.15, -0.1) is 0 Å². The number of nitro groups is 1. The molecule has 6 nitrogen and oxygen atoms in total. The van der Waals surface area contributed by atoms with E-state index in [1.54, 1.807) is 26.0 Å². The maximum Gasteiger partial charge on any atom is 0.272 e. The lowest BCUT2D eigenvalue weighted by Gasteiger charge is -2.11. The lowest BCUT2D eigenvalue weighted by molar-refractivity contribution is -0.385. The molecule has 0 aromatic heterocycles. The monoisotopic (exact) mass is 288 g/mol. The molecule has 0 aliphatic rings. The van der Waals surface area contributed by atoms with E-state index in [0.29, 0.717) is 12.1 Å². The molecule has 0 amide bonds. The summed E-state index contributed by atoms with van der Waals surface area (Å²) in [5.74, 6) is -0.341. The first-order valence-electron chi connectivity index (χ1n) is 6.39. The van der Waals surface area contributed by atoms with Crippen LogP contribution < -0.4 is 5.32 Å². The van der Waals surface area contributed by atoms with Gasteiger partial charge in [-0.05, 0) is 43.2 Å². The normalized spacial score (nSPS) is 10.4. The van der Waals surface area contributed by atoms with Crippen molar-refractivity contribution in [2.45, 2.75) is 20.4 Å². The van der Waals surface area contributed by atoms with E-state index in [1.165, 1.54) is 18.2 Å². The molecule has 0 heterocycles. The highest BCUT2D eigenvalue weighted by Gasteiger charge is 2.13. The Morgan fingerprint density at radius 2 is 1.81 bits per heavy atom. The lowest BCUT2D eigenvalue weighted by atomic mass is 10.1. The van der Waals surface area contributed by atoms with Crippen LogP contribution in [0.5, 0.6) is 11.5 Å². The maximum atomic E-state index is 10.9. The highest BCUT2D eigenvalue weighted by molar-refractivity contribution is 5.59. The number of nitro benzene ring substituents is 1. The molecule has 0 aliphatic heterocycles. The largest absolute Gasteiger partial charge is 0.504 e. The Bertz CT molecular complexity index is 698. The minimum Gasteiger partial charge on any atom is -0.504 e. The molecule has 0 spiro atoms. The summed E-state index contributed by atoms with van der Waals surface area (Å²) >= 11 is 0. The summed E-state index contributed by atoms with van der Waals surface area (Å²) in [7, 11) is 0. The van der Waals surface area contributed by atoms with Crippen LogP contribution in [0, 0.1) is 24.0 Å². The molecule has 6 heteroatoms. The number of phenols is 2. The SMILES string of the molecule is Cc1cc([N+](=O)[O-])c(C)cc1NCc1ccc(O)c(O)c1. The average Bonchev–Trinajstić information content (AvgIpc) is 2.42. The first-order valence-corrected chi connectivity index (χ1v) is 6.39. The summed E-state index contributed by atoms with van der Waals surface area (Å²) in [6.45, 7) is 3.92. The third-order valence-corrected chi connectivity index (χ3v) is 3.26. The topological polar surface area (TPSA) is 95.6 Å². The van der Waals surface area contributed by atoms with Crippen LogP contribution in [-0.4, -0.2) is 15.1 Å². The predicted molar refractivity (Wildman–Crippen MR) is 79.7 cm³/mol. The molecule has 0 atom stereocenters. The number of aryl methyl sites for hydroxylation is 2. The van der Waals surface area contributed by atoms with Gasteiger partial charge in [0.1, 0.15) is 0 Å². The van der Waals surface area contributed by atoms with Crippen LogP contribution in [0.3, 0.4) is 0 Å². The fraction of sp³-hybridized carbons (Fsp3) is 0.200. The van der Waals surface area contributed by atoms with Gasteiger partial charge < -0.3 is 15.5 Å². The van der Waals surface area contributed by atoms with Crippen molar-refractivity contribution in [2.75, 3.05) is 5.32 Å². The molecule has 3 N–H and O–H groups in total. The Balaban J connectivity index is 2.18. The average molecular weight is 288 g/mol. The van der Waals surface area contributed by atoms with Gasteiger partial charge in [-0.3, -0.25) is 10.1 Å². The van der Waals surface area contributed by atoms with Crippen LogP contribution in [0.25, 0.3) is 0 Å². The van der Waals surface area contributed by atoms with Gasteiger partial charge in [0, 0.05) is 23.9 Å². The molecule has 0 saturated heterocycles. The van der Waals surface area contributed by atoms with Crippen LogP contribution in [0.2, 0.25) is 0 Å². The predicted octanol–water partition coefficient (Wildman–Crippen LogP) is 3.23. The summed E-state index contributed by atoms with van der Waals surface area (Å²) in [5, 5.41) is 32.7. The molecule has 21 heavy (non-hydrogen) atoms. The highest BCUT2D eigenvalue weighted by atomic mass is 16.6. The van der Waals surface area contributed by atoms with Crippen molar-refractivity contribution in [1.29, 1.82) is 0 Å². The molecule has 0 unspecified atom stereocenters. The second-order valence-corrected chi connectivity index (χ2v) is 4.89. The van der Waals surface area contributed by atoms with E-state index in [9.17, 15) is 20.3 Å². The zero-order valence-electron chi connectivity index (χ0n) is 11.8. The van der Waals surface area contributed by atoms with Crippen molar-refractivity contribution >= 4 is 11.4 Å². The quantitative estimate of drug-likeness (QED) is 0.456. The second kappa shape index (κ2) is 5.70. The third kappa shape index (κ3) is 3.22. The summed E-state index contributed by atoms with van der Waals surface area (Å²) in [4.78, 5) is 10.5. The molecule has 0 aliphatic carbocycles. The highest BCUT2D eigenvalue weighted by Crippen LogP contribution is 2.28. The molecule has 0 fully saturated rings. The maximum absolute atomic E-state index is 10.9. The fourth-order valence-corrected chi connectivity index (χ4v) is 2.06. The summed E-state index contributed by atoms with van der Waals surface area (Å²) in [5.41, 5.74) is 3.05. The van der Waals surface area contributed by atoms with Gasteiger partial charge in [-0.1, -0.05) is 6.07 Å². The number of nitrogens with zero attached hydrogens (tertiary/aromatic N) is 1. The Morgan fingerprint density at radius 1 is 1.10 bits per heavy atom. The Morgan fingerprint density at radius 3 is 2.43 bits per heavy atom. The van der Waals surface area contributed by atoms with Gasteiger partial charge in [-0.2, -0.15) is 0 Å². The van der Waals surface area contributed by atoms with Crippen molar-refractivity contribution < 1.29 is 15.1 Å². The van der Waals surface area contributed by atoms with Crippen LogP contribution in [0.15, 0.2) is 30.3 Å². The molecule has 110 valence electrons. The Labute approximate surface area is 121 Å². The minimum atomic E-state index is -0.399. The number of aromatic hydroxyl groups is 2. The van der Waals surface area contributed by atoms with Crippen molar-refractivity contribution in [3.63, 3.8) is 0 Å². The van der Waals surface area contributed by atoms with Crippen LogP contribution >= 0.6 is 0 Å². The molecule has 0 radical (unpaired) electrons. The summed E-state index contributed by atoms with van der Waals surface area (Å²) in [6.07, 6.45) is 0. The van der Waals surface area contributed by atoms with E-state index in [2.05, 4.69) is 5.32 Å². The van der Waals surface area contributed by atoms with Crippen LogP contribution in [0.1, 0.15) is 16.7 Å². The summed E-state index contributed by atoms with van der Waals surface area (Å²) < 4.78 is 0. The molecule has 2 rings (SSSR count). The van der Waals surface area contributed by atoms with Crippen molar-refractivity contribution in [3.05, 3.63) is 57.1 Å². The number of rotatable bonds is 4. The number of nitrogens with one attached hydrogen (secondary N) is 1. The fourth-order valence-electron chi connectivity index (χ4n) is 2.06. The Kier molecular flexibility index (Phi) is 3.98. The summed E-state index contributed by atoms with van der Waals surface area (Å²) in [6, 6.07) is 7.84. The molecular weight excluding hydrogens is 272 g/mol. The molecule has 0 saturated carbocycles. The number of hydrogen-bond donors (Lipinski definition) is 3. The van der Waals surface area contributed by atoms with Gasteiger partial charge in [0.25, 0.3) is 5.69 Å². The smallest absolute Gasteiger partial charge is 0.272 e. The van der Waals surface area contributed by atoms with E-state index >= 15 is 0 Å². The zero-order chi connectivity index (χ0) is 15.6. The van der Waals surface area contributed by atoms with Gasteiger partial charge in [0.15, 0.2) is 11.5 Å². The first kappa shape index (κ1) is 14.6. The minimum absolute atomic E-state index is 0.0975. The zero-order valence-corrected chi connectivity index (χ0v) is 11.8. The van der Waals surface area contributed by atoms with Crippen LogP contribution in [-0.2, 0) is 6.54 Å². The molecule has 0 bridgehead atoms. The molecule has 2 aromatic rings. The number of benzene rings is 2. The Hall–Kier alpha value is -2.76. The van der Waals surface area contributed by atoms with E-state index in [1.807, 2.05) is 0 Å². The van der Waals surface area contributed by atoms with Gasteiger partial charge in [-0.25, -0.2) is 0 Å². The van der Waals surface area contributed by atoms with Gasteiger partial charge in [0.05, 0.1) is 4.92 Å². The van der Waals surface area contributed by atoms with Crippen molar-refractivity contribution in [1.82, 2.24) is 0 Å². The molecular formula is C15H16N2O4. The van der Waals surface area contributed by atoms with E-state index in [-0.39, 0.29) is 17.2 Å². The van der Waals surface area contributed by atoms with Crippen molar-refractivity contribution in [2.24, 2.45) is 0 Å². The van der Waals surface area contributed by atoms with E-state index < -0.39 is 4.92 Å². The van der Waals surface area contributed by atoms with E-state index in [4.69, 9.17) is 0 Å². The van der Waals surface area contributed by atoms with Crippen LogP contribution in [0.4, 0.5) is 11.4 Å². The van der Waals surface area contributed by atoms with Crippen molar-refractivity contribution in [3.8, 4) is 11.5 Å². The van der Waals surface area contributed by atoms with Gasteiger partial charge >= 0.3 is 0 Å². The van der Waals surface area contributed by atoms with E-state index in [0.717, 1.165) is 16.8 Å². The number of anilines is 1. The van der Waals surface area contributed by atoms with Gasteiger partial charge in [0.2, 0.25) is 0 Å². The standard InChI is InChI=1S/C15H16N2O4/c1-9-6-13(17(20)21)10(2)5-12(9)16-8-11-3-4-14(18)15(19)7-11/h3-7,16,18-19H,8H2,1-2H3. The first-order chi connectivity index (χ1) is 9.88. The lowest BCUT2D eigenvalue weighted by Crippen LogP contribution is -2.02. The molecule has 2 aromatic carbocycles. The number of phenolic OH excluding ortho intramolecular Hbond substituents is 2. The third-order valence-electron chi connectivity index (χ3n) is 3.26.